The SMILES string of the molecule is Cc1ccc(CN2CCN(S(=O)(=O)c3ccc(C(C)C)cc3)CC2)cc1. The molecule has 26 heavy (non-hydrogen) atoms. The van der Waals surface area contributed by atoms with E-state index < -0.39 is 10.0 Å². The standard InChI is InChI=1S/C21H28N2O2S/c1-17(2)20-8-10-21(11-9-20)26(24,25)23-14-12-22(13-15-23)16-19-6-4-18(3)5-7-19/h4-11,17H,12-16H2,1-3H3. The number of aryl methyl sites for hydroxylation is 1. The fourth-order valence-corrected chi connectivity index (χ4v) is 4.68. The van der Waals surface area contributed by atoms with Gasteiger partial charge in [0, 0.05) is 32.7 Å². The Morgan fingerprint density at radius 2 is 1.46 bits per heavy atom. The van der Waals surface area contributed by atoms with Crippen molar-refractivity contribution in [3.63, 3.8) is 0 Å². The van der Waals surface area contributed by atoms with Gasteiger partial charge in [-0.3, -0.25) is 4.90 Å². The van der Waals surface area contributed by atoms with Crippen LogP contribution in [-0.2, 0) is 16.6 Å². The summed E-state index contributed by atoms with van der Waals surface area (Å²) in [6.45, 7) is 9.78. The summed E-state index contributed by atoms with van der Waals surface area (Å²) < 4.78 is 27.4. The average molecular weight is 373 g/mol. The molecule has 1 fully saturated rings. The molecule has 0 atom stereocenters. The lowest BCUT2D eigenvalue weighted by atomic mass is 10.0. The quantitative estimate of drug-likeness (QED) is 0.805. The molecule has 140 valence electrons. The topological polar surface area (TPSA) is 40.6 Å². The summed E-state index contributed by atoms with van der Waals surface area (Å²) in [6, 6.07) is 15.9. The van der Waals surface area contributed by atoms with E-state index in [9.17, 15) is 8.42 Å². The largest absolute Gasteiger partial charge is 0.296 e. The highest BCUT2D eigenvalue weighted by Crippen LogP contribution is 2.21. The predicted octanol–water partition coefficient (Wildman–Crippen LogP) is 3.62. The molecule has 0 saturated carbocycles. The van der Waals surface area contributed by atoms with Crippen LogP contribution >= 0.6 is 0 Å². The Kier molecular flexibility index (Phi) is 5.80. The number of nitrogens with zero attached hydrogens (tertiary/aromatic N) is 2. The van der Waals surface area contributed by atoms with Crippen molar-refractivity contribution in [2.24, 2.45) is 0 Å². The molecule has 0 spiro atoms. The van der Waals surface area contributed by atoms with Gasteiger partial charge in [-0.15, -0.1) is 0 Å². The van der Waals surface area contributed by atoms with Crippen molar-refractivity contribution in [1.29, 1.82) is 0 Å². The fraction of sp³-hybridized carbons (Fsp3) is 0.429. The minimum atomic E-state index is -3.40. The van der Waals surface area contributed by atoms with Gasteiger partial charge >= 0.3 is 0 Å². The lowest BCUT2D eigenvalue weighted by Crippen LogP contribution is -2.48. The highest BCUT2D eigenvalue weighted by Gasteiger charge is 2.28. The molecule has 4 nitrogen and oxygen atoms in total. The van der Waals surface area contributed by atoms with Crippen LogP contribution < -0.4 is 0 Å². The van der Waals surface area contributed by atoms with Gasteiger partial charge in [-0.05, 0) is 36.1 Å². The Labute approximate surface area is 157 Å². The Morgan fingerprint density at radius 1 is 0.885 bits per heavy atom. The monoisotopic (exact) mass is 372 g/mol. The van der Waals surface area contributed by atoms with Crippen molar-refractivity contribution in [1.82, 2.24) is 9.21 Å². The summed E-state index contributed by atoms with van der Waals surface area (Å²) in [7, 11) is -3.40. The first-order valence-corrected chi connectivity index (χ1v) is 10.7. The summed E-state index contributed by atoms with van der Waals surface area (Å²) in [5, 5.41) is 0. The average Bonchev–Trinajstić information content (AvgIpc) is 2.64. The smallest absolute Gasteiger partial charge is 0.243 e. The van der Waals surface area contributed by atoms with Crippen molar-refractivity contribution >= 4 is 10.0 Å². The first-order valence-electron chi connectivity index (χ1n) is 9.24. The van der Waals surface area contributed by atoms with Crippen molar-refractivity contribution < 1.29 is 8.42 Å². The van der Waals surface area contributed by atoms with E-state index in [2.05, 4.69) is 49.9 Å². The molecule has 2 aromatic rings. The Hall–Kier alpha value is -1.69. The maximum absolute atomic E-state index is 12.9. The molecule has 1 aliphatic rings. The number of benzene rings is 2. The molecule has 0 radical (unpaired) electrons. The third-order valence-corrected chi connectivity index (χ3v) is 6.96. The van der Waals surface area contributed by atoms with Gasteiger partial charge in [-0.25, -0.2) is 8.42 Å². The zero-order valence-corrected chi connectivity index (χ0v) is 16.7. The second kappa shape index (κ2) is 7.91. The van der Waals surface area contributed by atoms with Gasteiger partial charge in [-0.2, -0.15) is 4.31 Å². The molecular weight excluding hydrogens is 344 g/mol. The molecule has 1 heterocycles. The van der Waals surface area contributed by atoms with E-state index in [0.29, 0.717) is 23.9 Å². The summed E-state index contributed by atoms with van der Waals surface area (Å²) in [5.74, 6) is 0.400. The second-order valence-electron chi connectivity index (χ2n) is 7.39. The zero-order chi connectivity index (χ0) is 18.7. The molecule has 5 heteroatoms. The molecule has 3 rings (SSSR count). The van der Waals surface area contributed by atoms with Crippen LogP contribution in [0.2, 0.25) is 0 Å². The van der Waals surface area contributed by atoms with Crippen molar-refractivity contribution in [3.05, 3.63) is 65.2 Å². The van der Waals surface area contributed by atoms with Crippen LogP contribution in [0, 0.1) is 6.92 Å². The van der Waals surface area contributed by atoms with Gasteiger partial charge in [0.05, 0.1) is 4.90 Å². The van der Waals surface area contributed by atoms with E-state index in [1.54, 1.807) is 16.4 Å². The third kappa shape index (κ3) is 4.34. The van der Waals surface area contributed by atoms with Gasteiger partial charge in [-0.1, -0.05) is 55.8 Å². The Bertz CT molecular complexity index is 819. The van der Waals surface area contributed by atoms with E-state index in [0.717, 1.165) is 25.2 Å². The van der Waals surface area contributed by atoms with E-state index in [1.165, 1.54) is 11.1 Å². The first kappa shape index (κ1) is 19.1. The molecule has 0 aliphatic carbocycles. The summed E-state index contributed by atoms with van der Waals surface area (Å²) in [4.78, 5) is 2.72. The number of rotatable bonds is 5. The molecule has 0 aromatic heterocycles. The fourth-order valence-electron chi connectivity index (χ4n) is 3.25. The van der Waals surface area contributed by atoms with Crippen molar-refractivity contribution in [2.75, 3.05) is 26.2 Å². The van der Waals surface area contributed by atoms with Crippen molar-refractivity contribution in [3.8, 4) is 0 Å². The molecule has 1 saturated heterocycles. The van der Waals surface area contributed by atoms with Crippen LogP contribution in [0.25, 0.3) is 0 Å². The Morgan fingerprint density at radius 3 is 2.00 bits per heavy atom. The van der Waals surface area contributed by atoms with Gasteiger partial charge < -0.3 is 0 Å². The molecule has 0 N–H and O–H groups in total. The minimum Gasteiger partial charge on any atom is -0.296 e. The van der Waals surface area contributed by atoms with Crippen LogP contribution in [0.4, 0.5) is 0 Å². The van der Waals surface area contributed by atoms with Gasteiger partial charge in [0.1, 0.15) is 0 Å². The first-order chi connectivity index (χ1) is 12.4. The summed E-state index contributed by atoms with van der Waals surface area (Å²) in [5.41, 5.74) is 3.69. The normalized spacial score (nSPS) is 16.9. The maximum atomic E-state index is 12.9. The molecular formula is C21H28N2O2S. The van der Waals surface area contributed by atoms with Gasteiger partial charge in [0.2, 0.25) is 10.0 Å². The molecule has 0 bridgehead atoms. The third-order valence-electron chi connectivity index (χ3n) is 5.04. The second-order valence-corrected chi connectivity index (χ2v) is 9.33. The Balaban J connectivity index is 1.62. The van der Waals surface area contributed by atoms with E-state index in [4.69, 9.17) is 0 Å². The minimum absolute atomic E-state index is 0.397. The van der Waals surface area contributed by atoms with E-state index in [-0.39, 0.29) is 0 Å². The van der Waals surface area contributed by atoms with Crippen LogP contribution in [0.1, 0.15) is 36.5 Å². The van der Waals surface area contributed by atoms with Crippen LogP contribution in [0.15, 0.2) is 53.4 Å². The van der Waals surface area contributed by atoms with Gasteiger partial charge in [0.15, 0.2) is 0 Å². The van der Waals surface area contributed by atoms with Crippen molar-refractivity contribution in [2.45, 2.75) is 38.1 Å². The highest BCUT2D eigenvalue weighted by atomic mass is 32.2. The zero-order valence-electron chi connectivity index (χ0n) is 15.9. The summed E-state index contributed by atoms with van der Waals surface area (Å²) >= 11 is 0. The molecule has 0 unspecified atom stereocenters. The molecule has 0 amide bonds. The maximum Gasteiger partial charge on any atom is 0.243 e. The van der Waals surface area contributed by atoms with Gasteiger partial charge in [0.25, 0.3) is 0 Å². The van der Waals surface area contributed by atoms with Crippen LogP contribution in [0.3, 0.4) is 0 Å². The van der Waals surface area contributed by atoms with Crippen LogP contribution in [0.5, 0.6) is 0 Å². The number of hydrogen-bond donors (Lipinski definition) is 0. The highest BCUT2D eigenvalue weighted by molar-refractivity contribution is 7.89. The van der Waals surface area contributed by atoms with Crippen LogP contribution in [-0.4, -0.2) is 43.8 Å². The van der Waals surface area contributed by atoms with E-state index >= 15 is 0 Å². The number of piperazine rings is 1. The number of hydrogen-bond acceptors (Lipinski definition) is 3. The number of sulfonamides is 1. The molecule has 2 aromatic carbocycles. The summed E-state index contributed by atoms with van der Waals surface area (Å²) in [6.07, 6.45) is 0. The lowest BCUT2D eigenvalue weighted by Gasteiger charge is -2.34. The predicted molar refractivity (Wildman–Crippen MR) is 106 cm³/mol. The molecule has 1 aliphatic heterocycles. The lowest BCUT2D eigenvalue weighted by molar-refractivity contribution is 0.181. The van der Waals surface area contributed by atoms with E-state index in [1.807, 2.05) is 12.1 Å².